The van der Waals surface area contributed by atoms with Gasteiger partial charge in [-0.2, -0.15) is 17.5 Å². The molecule has 1 aliphatic heterocycles. The SMILES string of the molecule is O=S(=O)(C=CCCc1ncccn1)N1CCN(c2ccc(OCC(F)(F)F)cn2)CC1. The van der Waals surface area contributed by atoms with Crippen molar-refractivity contribution in [3.8, 4) is 5.75 Å². The molecule has 3 heterocycles. The number of allylic oxidation sites excluding steroid dienone is 1. The number of rotatable bonds is 8. The lowest BCUT2D eigenvalue weighted by Gasteiger charge is -2.34. The maximum Gasteiger partial charge on any atom is 0.422 e. The molecular formula is C19H22F3N5O3S. The lowest BCUT2D eigenvalue weighted by molar-refractivity contribution is -0.153. The molecule has 168 valence electrons. The van der Waals surface area contributed by atoms with Gasteiger partial charge in [0.2, 0.25) is 10.0 Å². The van der Waals surface area contributed by atoms with Gasteiger partial charge in [0.15, 0.2) is 6.61 Å². The van der Waals surface area contributed by atoms with E-state index in [0.717, 1.165) is 0 Å². The molecule has 1 saturated heterocycles. The Hall–Kier alpha value is -2.73. The zero-order valence-corrected chi connectivity index (χ0v) is 17.4. The summed E-state index contributed by atoms with van der Waals surface area (Å²) >= 11 is 0. The van der Waals surface area contributed by atoms with Crippen molar-refractivity contribution in [3.63, 3.8) is 0 Å². The standard InChI is InChI=1S/C19H22F3N5O3S/c20-19(21,22)15-30-16-5-6-18(25-14-16)26-9-11-27(12-10-26)31(28,29)13-2-1-4-17-23-7-3-8-24-17/h2-3,5-8,13-14H,1,4,9-12,15H2. The van der Waals surface area contributed by atoms with Crippen molar-refractivity contribution < 1.29 is 26.3 Å². The Kier molecular flexibility index (Phi) is 7.44. The number of piperazine rings is 1. The van der Waals surface area contributed by atoms with Crippen LogP contribution in [0.4, 0.5) is 19.0 Å². The van der Waals surface area contributed by atoms with Gasteiger partial charge in [-0.25, -0.2) is 23.4 Å². The van der Waals surface area contributed by atoms with E-state index in [0.29, 0.717) is 37.6 Å². The zero-order chi connectivity index (χ0) is 22.3. The highest BCUT2D eigenvalue weighted by Gasteiger charge is 2.29. The fourth-order valence-electron chi connectivity index (χ4n) is 2.93. The van der Waals surface area contributed by atoms with Crippen LogP contribution in [0.3, 0.4) is 0 Å². The molecule has 3 rings (SSSR count). The molecule has 1 aliphatic rings. The van der Waals surface area contributed by atoms with Gasteiger partial charge < -0.3 is 9.64 Å². The summed E-state index contributed by atoms with van der Waals surface area (Å²) in [5.74, 6) is 1.23. The molecule has 1 fully saturated rings. The van der Waals surface area contributed by atoms with Gasteiger partial charge in [-0.1, -0.05) is 6.08 Å². The average molecular weight is 457 g/mol. The van der Waals surface area contributed by atoms with Crippen molar-refractivity contribution in [1.82, 2.24) is 19.3 Å². The molecule has 0 aliphatic carbocycles. The Morgan fingerprint density at radius 3 is 2.39 bits per heavy atom. The maximum atomic E-state index is 12.5. The molecule has 8 nitrogen and oxygen atoms in total. The van der Waals surface area contributed by atoms with Crippen molar-refractivity contribution in [2.24, 2.45) is 0 Å². The third-order valence-corrected chi connectivity index (χ3v) is 6.09. The lowest BCUT2D eigenvalue weighted by atomic mass is 10.3. The summed E-state index contributed by atoms with van der Waals surface area (Å²) in [7, 11) is -3.53. The first-order chi connectivity index (χ1) is 14.7. The van der Waals surface area contributed by atoms with E-state index in [9.17, 15) is 21.6 Å². The second kappa shape index (κ2) is 10.1. The smallest absolute Gasteiger partial charge is 0.422 e. The number of alkyl halides is 3. The number of pyridine rings is 1. The van der Waals surface area contributed by atoms with Crippen molar-refractivity contribution >= 4 is 15.8 Å². The van der Waals surface area contributed by atoms with Gasteiger partial charge in [0.25, 0.3) is 0 Å². The summed E-state index contributed by atoms with van der Waals surface area (Å²) in [6.07, 6.45) is 2.75. The molecule has 0 spiro atoms. The second-order valence-electron chi connectivity index (χ2n) is 6.76. The van der Waals surface area contributed by atoms with Crippen LogP contribution in [0, 0.1) is 0 Å². The number of hydrogen-bond donors (Lipinski definition) is 0. The van der Waals surface area contributed by atoms with Crippen LogP contribution in [-0.2, 0) is 16.4 Å². The first-order valence-electron chi connectivity index (χ1n) is 9.56. The number of ether oxygens (including phenoxy) is 1. The van der Waals surface area contributed by atoms with Crippen molar-refractivity contribution in [1.29, 1.82) is 0 Å². The number of aromatic nitrogens is 3. The van der Waals surface area contributed by atoms with Gasteiger partial charge in [-0.15, -0.1) is 0 Å². The predicted molar refractivity (Wildman–Crippen MR) is 108 cm³/mol. The lowest BCUT2D eigenvalue weighted by Crippen LogP contribution is -2.48. The van der Waals surface area contributed by atoms with Crippen LogP contribution in [0.2, 0.25) is 0 Å². The molecule has 2 aromatic heterocycles. The van der Waals surface area contributed by atoms with Gasteiger partial charge >= 0.3 is 6.18 Å². The highest BCUT2D eigenvalue weighted by atomic mass is 32.2. The highest BCUT2D eigenvalue weighted by molar-refractivity contribution is 7.92. The molecule has 31 heavy (non-hydrogen) atoms. The molecule has 0 unspecified atom stereocenters. The predicted octanol–water partition coefficient (Wildman–Crippen LogP) is 2.41. The van der Waals surface area contributed by atoms with E-state index in [1.165, 1.54) is 22.0 Å². The minimum absolute atomic E-state index is 0.0216. The number of sulfonamides is 1. The minimum Gasteiger partial charge on any atom is -0.483 e. The summed E-state index contributed by atoms with van der Waals surface area (Å²) in [4.78, 5) is 14.2. The minimum atomic E-state index is -4.41. The summed E-state index contributed by atoms with van der Waals surface area (Å²) < 4.78 is 67.6. The monoisotopic (exact) mass is 457 g/mol. The van der Waals surface area contributed by atoms with Crippen molar-refractivity contribution in [3.05, 3.63) is 54.1 Å². The molecule has 0 aromatic carbocycles. The molecule has 0 N–H and O–H groups in total. The van der Waals surface area contributed by atoms with Gasteiger partial charge in [0, 0.05) is 50.4 Å². The Morgan fingerprint density at radius 2 is 1.77 bits per heavy atom. The van der Waals surface area contributed by atoms with Gasteiger partial charge in [-0.3, -0.25) is 0 Å². The van der Waals surface area contributed by atoms with Crippen LogP contribution in [0.15, 0.2) is 48.3 Å². The van der Waals surface area contributed by atoms with Crippen LogP contribution in [-0.4, -0.2) is 66.6 Å². The number of halogens is 3. The molecular weight excluding hydrogens is 435 g/mol. The average Bonchev–Trinajstić information content (AvgIpc) is 2.76. The topological polar surface area (TPSA) is 88.5 Å². The Balaban J connectivity index is 1.47. The van der Waals surface area contributed by atoms with Gasteiger partial charge in [0.05, 0.1) is 6.20 Å². The number of anilines is 1. The summed E-state index contributed by atoms with van der Waals surface area (Å²) in [6.45, 7) is 0.0166. The van der Waals surface area contributed by atoms with E-state index in [1.807, 2.05) is 4.90 Å². The van der Waals surface area contributed by atoms with E-state index in [4.69, 9.17) is 0 Å². The number of nitrogens with zero attached hydrogens (tertiary/aromatic N) is 5. The van der Waals surface area contributed by atoms with E-state index < -0.39 is 22.8 Å². The van der Waals surface area contributed by atoms with Crippen LogP contribution in [0.1, 0.15) is 12.2 Å². The fraction of sp³-hybridized carbons (Fsp3) is 0.421. The normalized spacial score (nSPS) is 16.0. The fourth-order valence-corrected chi connectivity index (χ4v) is 4.15. The van der Waals surface area contributed by atoms with Crippen LogP contribution in [0.25, 0.3) is 0 Å². The molecule has 0 bridgehead atoms. The highest BCUT2D eigenvalue weighted by Crippen LogP contribution is 2.21. The summed E-state index contributed by atoms with van der Waals surface area (Å²) in [5, 5.41) is 1.20. The molecule has 12 heteroatoms. The van der Waals surface area contributed by atoms with E-state index in [1.54, 1.807) is 30.6 Å². The van der Waals surface area contributed by atoms with E-state index in [2.05, 4.69) is 19.7 Å². The quantitative estimate of drug-likeness (QED) is 0.602. The second-order valence-corrected chi connectivity index (χ2v) is 8.58. The zero-order valence-electron chi connectivity index (χ0n) is 16.6. The van der Waals surface area contributed by atoms with E-state index >= 15 is 0 Å². The Labute approximate surface area is 178 Å². The summed E-state index contributed by atoms with van der Waals surface area (Å²) in [5.41, 5.74) is 0. The van der Waals surface area contributed by atoms with Crippen molar-refractivity contribution in [2.45, 2.75) is 19.0 Å². The molecule has 0 saturated carbocycles. The van der Waals surface area contributed by atoms with E-state index in [-0.39, 0.29) is 18.8 Å². The maximum absolute atomic E-state index is 12.5. The van der Waals surface area contributed by atoms with Gasteiger partial charge in [0.1, 0.15) is 17.4 Å². The number of aryl methyl sites for hydroxylation is 1. The first kappa shape index (κ1) is 22.9. The van der Waals surface area contributed by atoms with Crippen molar-refractivity contribution in [2.75, 3.05) is 37.7 Å². The Morgan fingerprint density at radius 1 is 1.06 bits per heavy atom. The first-order valence-corrected chi connectivity index (χ1v) is 11.1. The number of hydrogen-bond acceptors (Lipinski definition) is 7. The largest absolute Gasteiger partial charge is 0.483 e. The Bertz CT molecular complexity index is 962. The molecule has 0 amide bonds. The van der Waals surface area contributed by atoms with Crippen LogP contribution < -0.4 is 9.64 Å². The molecule has 2 aromatic rings. The third kappa shape index (κ3) is 7.17. The molecule has 0 atom stereocenters. The van der Waals surface area contributed by atoms with Gasteiger partial charge in [-0.05, 0) is 24.6 Å². The summed E-state index contributed by atoms with van der Waals surface area (Å²) in [6, 6.07) is 4.69. The molecule has 0 radical (unpaired) electrons. The van der Waals surface area contributed by atoms with Crippen LogP contribution in [0.5, 0.6) is 5.75 Å². The third-order valence-electron chi connectivity index (χ3n) is 4.47. The van der Waals surface area contributed by atoms with Crippen LogP contribution >= 0.6 is 0 Å².